The summed E-state index contributed by atoms with van der Waals surface area (Å²) < 4.78 is 15.6. The van der Waals surface area contributed by atoms with Crippen molar-refractivity contribution in [3.05, 3.63) is 18.7 Å². The van der Waals surface area contributed by atoms with Crippen molar-refractivity contribution in [2.75, 3.05) is 6.54 Å². The summed E-state index contributed by atoms with van der Waals surface area (Å²) in [6.07, 6.45) is 8.19. The van der Waals surface area contributed by atoms with E-state index in [1.54, 1.807) is 12.5 Å². The number of nitrogens with one attached hydrogen (secondary N) is 1. The minimum Gasteiger partial charge on any atom is -0.391 e. The van der Waals surface area contributed by atoms with Crippen molar-refractivity contribution in [3.63, 3.8) is 0 Å². The fraction of sp³-hybridized carbons (Fsp3) is 0.769. The molecule has 0 amide bonds. The van der Waals surface area contributed by atoms with Gasteiger partial charge in [-0.1, -0.05) is 0 Å². The smallest absolute Gasteiger partial charge is 0.123 e. The molecule has 18 heavy (non-hydrogen) atoms. The number of hydrogen-bond donors (Lipinski definition) is 2. The standard InChI is InChI=1S/C13H20FN3O/c14-13(1-2-13)8-16-11-5-10(6-12(11)18)7-17-4-3-15-9-17/h3-4,9-12,16,18H,1-2,5-8H2/t10?,11-,12-/m1/s1. The fourth-order valence-corrected chi connectivity index (χ4v) is 2.81. The third kappa shape index (κ3) is 2.72. The Morgan fingerprint density at radius 2 is 2.28 bits per heavy atom. The van der Waals surface area contributed by atoms with Crippen LogP contribution in [0, 0.1) is 5.92 Å². The summed E-state index contributed by atoms with van der Waals surface area (Å²) in [5.74, 6) is 0.446. The maximum Gasteiger partial charge on any atom is 0.123 e. The molecule has 1 aromatic rings. The Morgan fingerprint density at radius 3 is 2.94 bits per heavy atom. The van der Waals surface area contributed by atoms with Gasteiger partial charge in [-0.2, -0.15) is 0 Å². The van der Waals surface area contributed by atoms with Gasteiger partial charge in [-0.05, 0) is 31.6 Å². The van der Waals surface area contributed by atoms with Gasteiger partial charge in [0.15, 0.2) is 0 Å². The second kappa shape index (κ2) is 4.63. The lowest BCUT2D eigenvalue weighted by molar-refractivity contribution is 0.140. The first-order valence-corrected chi connectivity index (χ1v) is 6.71. The number of hydrogen-bond acceptors (Lipinski definition) is 3. The Morgan fingerprint density at radius 1 is 1.44 bits per heavy atom. The molecule has 1 heterocycles. The number of aliphatic hydroxyl groups is 1. The summed E-state index contributed by atoms with van der Waals surface area (Å²) in [6, 6.07) is 0.0479. The average molecular weight is 253 g/mol. The molecule has 2 aliphatic carbocycles. The minimum atomic E-state index is -0.984. The van der Waals surface area contributed by atoms with E-state index >= 15 is 0 Å². The summed E-state index contributed by atoms with van der Waals surface area (Å²) in [5, 5.41) is 13.2. The van der Waals surface area contributed by atoms with Gasteiger partial charge in [0.05, 0.1) is 12.4 Å². The predicted molar refractivity (Wildman–Crippen MR) is 65.8 cm³/mol. The summed E-state index contributed by atoms with van der Waals surface area (Å²) in [5.41, 5.74) is -0.984. The van der Waals surface area contributed by atoms with Crippen LogP contribution in [-0.2, 0) is 6.54 Å². The van der Waals surface area contributed by atoms with Gasteiger partial charge in [-0.25, -0.2) is 9.37 Å². The highest BCUT2D eigenvalue weighted by molar-refractivity contribution is 4.98. The molecule has 3 rings (SSSR count). The lowest BCUT2D eigenvalue weighted by Crippen LogP contribution is -2.39. The molecule has 4 nitrogen and oxygen atoms in total. The topological polar surface area (TPSA) is 50.1 Å². The molecule has 5 heteroatoms. The lowest BCUT2D eigenvalue weighted by atomic mass is 10.1. The molecule has 3 atom stereocenters. The predicted octanol–water partition coefficient (Wildman–Crippen LogP) is 1.11. The van der Waals surface area contributed by atoms with Crippen molar-refractivity contribution in [1.29, 1.82) is 0 Å². The number of alkyl halides is 1. The molecule has 100 valence electrons. The SMILES string of the molecule is O[C@@H]1CC(Cn2ccnc2)C[C@H]1NCC1(F)CC1. The number of imidazole rings is 1. The Bertz CT molecular complexity index is 391. The van der Waals surface area contributed by atoms with Crippen LogP contribution in [-0.4, -0.2) is 39.0 Å². The second-order valence-corrected chi connectivity index (χ2v) is 5.80. The molecule has 0 radical (unpaired) electrons. The van der Waals surface area contributed by atoms with Gasteiger partial charge < -0.3 is 15.0 Å². The van der Waals surface area contributed by atoms with Crippen LogP contribution in [0.1, 0.15) is 25.7 Å². The Balaban J connectivity index is 1.48. The van der Waals surface area contributed by atoms with Crippen LogP contribution >= 0.6 is 0 Å². The molecule has 0 aromatic carbocycles. The van der Waals surface area contributed by atoms with E-state index in [1.807, 2.05) is 10.8 Å². The summed E-state index contributed by atoms with van der Waals surface area (Å²) in [7, 11) is 0. The molecule has 1 unspecified atom stereocenters. The third-order valence-corrected chi connectivity index (χ3v) is 4.13. The van der Waals surface area contributed by atoms with Crippen molar-refractivity contribution >= 4 is 0 Å². The van der Waals surface area contributed by atoms with Crippen LogP contribution in [0.3, 0.4) is 0 Å². The first-order valence-electron chi connectivity index (χ1n) is 6.71. The van der Waals surface area contributed by atoms with Gasteiger partial charge in [-0.15, -0.1) is 0 Å². The largest absolute Gasteiger partial charge is 0.391 e. The fourth-order valence-electron chi connectivity index (χ4n) is 2.81. The maximum atomic E-state index is 13.5. The first-order chi connectivity index (χ1) is 8.65. The van der Waals surface area contributed by atoms with Crippen molar-refractivity contribution in [3.8, 4) is 0 Å². The molecular weight excluding hydrogens is 233 g/mol. The highest BCUT2D eigenvalue weighted by Gasteiger charge is 2.44. The molecule has 1 aromatic heterocycles. The zero-order chi connectivity index (χ0) is 12.6. The van der Waals surface area contributed by atoms with Gasteiger partial charge in [0, 0.05) is 31.5 Å². The molecule has 0 aliphatic heterocycles. The Kier molecular flexibility index (Phi) is 3.11. The number of halogens is 1. The molecule has 0 saturated heterocycles. The van der Waals surface area contributed by atoms with Crippen molar-refractivity contribution in [1.82, 2.24) is 14.9 Å². The maximum absolute atomic E-state index is 13.5. The summed E-state index contributed by atoms with van der Waals surface area (Å²) in [4.78, 5) is 4.01. The highest BCUT2D eigenvalue weighted by atomic mass is 19.1. The first kappa shape index (κ1) is 12.1. The summed E-state index contributed by atoms with van der Waals surface area (Å²) in [6.45, 7) is 1.28. The number of aromatic nitrogens is 2. The zero-order valence-corrected chi connectivity index (χ0v) is 10.4. The zero-order valence-electron chi connectivity index (χ0n) is 10.4. The Labute approximate surface area is 106 Å². The van der Waals surface area contributed by atoms with Crippen LogP contribution < -0.4 is 5.32 Å². The highest BCUT2D eigenvalue weighted by Crippen LogP contribution is 2.39. The molecular formula is C13H20FN3O. The Hall–Kier alpha value is -0.940. The molecule has 2 saturated carbocycles. The third-order valence-electron chi connectivity index (χ3n) is 4.13. The van der Waals surface area contributed by atoms with Crippen molar-refractivity contribution < 1.29 is 9.50 Å². The van der Waals surface area contributed by atoms with E-state index in [1.165, 1.54) is 0 Å². The van der Waals surface area contributed by atoms with Gasteiger partial charge >= 0.3 is 0 Å². The molecule has 2 N–H and O–H groups in total. The van der Waals surface area contributed by atoms with E-state index in [0.29, 0.717) is 25.3 Å². The van der Waals surface area contributed by atoms with Gasteiger partial charge in [0.25, 0.3) is 0 Å². The van der Waals surface area contributed by atoms with E-state index in [-0.39, 0.29) is 12.1 Å². The van der Waals surface area contributed by atoms with E-state index in [4.69, 9.17) is 0 Å². The van der Waals surface area contributed by atoms with Gasteiger partial charge in [-0.3, -0.25) is 0 Å². The van der Waals surface area contributed by atoms with Crippen LogP contribution in [0.2, 0.25) is 0 Å². The van der Waals surface area contributed by atoms with Crippen LogP contribution in [0.4, 0.5) is 4.39 Å². The molecule has 2 aliphatic rings. The quantitative estimate of drug-likeness (QED) is 0.826. The van der Waals surface area contributed by atoms with Crippen molar-refractivity contribution in [2.45, 2.75) is 50.0 Å². The normalized spacial score (nSPS) is 33.8. The summed E-state index contributed by atoms with van der Waals surface area (Å²) >= 11 is 0. The van der Waals surface area contributed by atoms with E-state index in [9.17, 15) is 9.50 Å². The van der Waals surface area contributed by atoms with Crippen molar-refractivity contribution in [2.24, 2.45) is 5.92 Å². The lowest BCUT2D eigenvalue weighted by Gasteiger charge is -2.17. The number of nitrogens with zero attached hydrogens (tertiary/aromatic N) is 2. The van der Waals surface area contributed by atoms with Gasteiger partial charge in [0.2, 0.25) is 0 Å². The van der Waals surface area contributed by atoms with E-state index in [0.717, 1.165) is 19.4 Å². The average Bonchev–Trinajstić information content (AvgIpc) is 2.78. The van der Waals surface area contributed by atoms with E-state index < -0.39 is 5.67 Å². The number of rotatable bonds is 5. The monoisotopic (exact) mass is 253 g/mol. The molecule has 2 fully saturated rings. The van der Waals surface area contributed by atoms with Crippen LogP contribution in [0.25, 0.3) is 0 Å². The second-order valence-electron chi connectivity index (χ2n) is 5.80. The molecule has 0 bridgehead atoms. The van der Waals surface area contributed by atoms with Crippen LogP contribution in [0.15, 0.2) is 18.7 Å². The van der Waals surface area contributed by atoms with Crippen LogP contribution in [0.5, 0.6) is 0 Å². The van der Waals surface area contributed by atoms with Gasteiger partial charge in [0.1, 0.15) is 5.67 Å². The number of aliphatic hydroxyl groups excluding tert-OH is 1. The van der Waals surface area contributed by atoms with E-state index in [2.05, 4.69) is 10.3 Å². The minimum absolute atomic E-state index is 0.0479. The molecule has 0 spiro atoms.